The smallest absolute Gasteiger partial charge is 0.302 e. The highest BCUT2D eigenvalue weighted by Gasteiger charge is 2.71. The van der Waals surface area contributed by atoms with Gasteiger partial charge in [0.2, 0.25) is 0 Å². The predicted octanol–water partition coefficient (Wildman–Crippen LogP) is 8.14. The van der Waals surface area contributed by atoms with E-state index in [0.717, 1.165) is 12.8 Å². The molecular weight excluding hydrogens is 472 g/mol. The second kappa shape index (κ2) is 9.10. The molecule has 214 valence electrons. The molecule has 0 aromatic rings. The van der Waals surface area contributed by atoms with Crippen LogP contribution in [0.25, 0.3) is 0 Å². The van der Waals surface area contributed by atoms with Crippen LogP contribution in [-0.4, -0.2) is 24.6 Å². The molecule has 0 heterocycles. The molecule has 0 amide bonds. The van der Waals surface area contributed by atoms with Gasteiger partial charge < -0.3 is 9.47 Å². The van der Waals surface area contributed by atoms with E-state index in [9.17, 15) is 9.59 Å². The Bertz CT molecular complexity index is 998. The summed E-state index contributed by atoms with van der Waals surface area (Å²) in [5, 5.41) is 0. The molecule has 0 saturated heterocycles. The van der Waals surface area contributed by atoms with Gasteiger partial charge in [0, 0.05) is 24.7 Å². The number of carbonyl (C=O) groups excluding carboxylic acids is 2. The third-order valence-electron chi connectivity index (χ3n) is 14.0. The molecule has 0 aliphatic heterocycles. The van der Waals surface area contributed by atoms with Crippen LogP contribution in [0, 0.1) is 56.7 Å². The zero-order valence-electron chi connectivity index (χ0n) is 25.6. The van der Waals surface area contributed by atoms with Crippen molar-refractivity contribution in [3.63, 3.8) is 0 Å². The normalized spacial score (nSPS) is 49.1. The maximum absolute atomic E-state index is 11.9. The average molecular weight is 527 g/mol. The van der Waals surface area contributed by atoms with Crippen LogP contribution in [0.3, 0.4) is 0 Å². The maximum atomic E-state index is 11.9. The molecular formula is C34H54O4. The molecule has 4 heteroatoms. The minimum absolute atomic E-state index is 0.00000109. The molecule has 38 heavy (non-hydrogen) atoms. The number of hydrogen-bond donors (Lipinski definition) is 0. The third-order valence-corrected chi connectivity index (χ3v) is 14.0. The average Bonchev–Trinajstić information content (AvgIpc) is 3.20. The fourth-order valence-corrected chi connectivity index (χ4v) is 12.2. The van der Waals surface area contributed by atoms with E-state index < -0.39 is 0 Å². The second-order valence-electron chi connectivity index (χ2n) is 15.8. The Morgan fingerprint density at radius 1 is 0.763 bits per heavy atom. The Hall–Kier alpha value is -1.32. The zero-order chi connectivity index (χ0) is 27.9. The van der Waals surface area contributed by atoms with Gasteiger partial charge in [-0.1, -0.05) is 46.8 Å². The number of allylic oxidation sites excluding steroid dienone is 1. The van der Waals surface area contributed by atoms with Gasteiger partial charge in [-0.3, -0.25) is 9.59 Å². The summed E-state index contributed by atoms with van der Waals surface area (Å²) in [5.41, 5.74) is 2.30. The van der Waals surface area contributed by atoms with E-state index in [4.69, 9.17) is 9.47 Å². The fraction of sp³-hybridized carbons (Fsp3) is 0.882. The summed E-state index contributed by atoms with van der Waals surface area (Å²) in [4.78, 5) is 23.8. The Labute approximate surface area is 232 Å². The third kappa shape index (κ3) is 3.80. The minimum atomic E-state index is -0.140. The van der Waals surface area contributed by atoms with Gasteiger partial charge >= 0.3 is 11.9 Å². The largest absolute Gasteiger partial charge is 0.465 e. The van der Waals surface area contributed by atoms with Crippen LogP contribution in [0.2, 0.25) is 0 Å². The summed E-state index contributed by atoms with van der Waals surface area (Å²) in [6.45, 7) is 23.1. The van der Waals surface area contributed by atoms with Crippen LogP contribution in [0.4, 0.5) is 0 Å². The van der Waals surface area contributed by atoms with Crippen LogP contribution in [0.15, 0.2) is 12.2 Å². The summed E-state index contributed by atoms with van der Waals surface area (Å²) >= 11 is 0. The van der Waals surface area contributed by atoms with Crippen LogP contribution >= 0.6 is 0 Å². The van der Waals surface area contributed by atoms with Gasteiger partial charge in [0.25, 0.3) is 0 Å². The lowest BCUT2D eigenvalue weighted by Crippen LogP contribution is -2.67. The molecule has 4 nitrogen and oxygen atoms in total. The lowest BCUT2D eigenvalue weighted by Gasteiger charge is -2.73. The molecule has 5 aliphatic carbocycles. The summed E-state index contributed by atoms with van der Waals surface area (Å²) in [7, 11) is 0. The first-order valence-corrected chi connectivity index (χ1v) is 15.6. The molecule has 0 N–H and O–H groups in total. The van der Waals surface area contributed by atoms with Crippen LogP contribution in [0.5, 0.6) is 0 Å². The Kier molecular flexibility index (Phi) is 6.76. The van der Waals surface area contributed by atoms with Crippen LogP contribution in [0.1, 0.15) is 120 Å². The summed E-state index contributed by atoms with van der Waals surface area (Å²) < 4.78 is 11.7. The van der Waals surface area contributed by atoms with Crippen molar-refractivity contribution in [2.75, 3.05) is 6.61 Å². The molecule has 10 atom stereocenters. The van der Waals surface area contributed by atoms with Crippen LogP contribution in [-0.2, 0) is 19.1 Å². The number of fused-ring (bicyclic) bond motifs is 7. The van der Waals surface area contributed by atoms with Crippen molar-refractivity contribution < 1.29 is 19.1 Å². The zero-order valence-corrected chi connectivity index (χ0v) is 25.6. The Balaban J connectivity index is 1.49. The van der Waals surface area contributed by atoms with Crippen molar-refractivity contribution in [1.82, 2.24) is 0 Å². The van der Waals surface area contributed by atoms with E-state index >= 15 is 0 Å². The molecule has 0 aromatic carbocycles. The van der Waals surface area contributed by atoms with Gasteiger partial charge in [0.15, 0.2) is 0 Å². The van der Waals surface area contributed by atoms with Crippen LogP contribution < -0.4 is 0 Å². The lowest BCUT2D eigenvalue weighted by atomic mass is 9.32. The lowest BCUT2D eigenvalue weighted by molar-refractivity contribution is -0.252. The van der Waals surface area contributed by atoms with E-state index in [1.807, 2.05) is 0 Å². The van der Waals surface area contributed by atoms with Crippen molar-refractivity contribution in [3.05, 3.63) is 12.2 Å². The Morgan fingerprint density at radius 2 is 1.47 bits per heavy atom. The van der Waals surface area contributed by atoms with E-state index in [2.05, 4.69) is 48.1 Å². The number of carbonyl (C=O) groups is 2. The van der Waals surface area contributed by atoms with Gasteiger partial charge in [-0.05, 0) is 117 Å². The van der Waals surface area contributed by atoms with E-state index in [1.165, 1.54) is 56.9 Å². The molecule has 0 aromatic heterocycles. The van der Waals surface area contributed by atoms with Gasteiger partial charge in [0.05, 0.1) is 6.61 Å². The number of rotatable bonds is 4. The van der Waals surface area contributed by atoms with Gasteiger partial charge in [0.1, 0.15) is 6.10 Å². The molecule has 5 fully saturated rings. The first kappa shape index (κ1) is 28.2. The number of esters is 2. The first-order chi connectivity index (χ1) is 17.6. The van der Waals surface area contributed by atoms with Crippen molar-refractivity contribution in [2.45, 2.75) is 126 Å². The van der Waals surface area contributed by atoms with E-state index in [1.54, 1.807) is 13.8 Å². The predicted molar refractivity (Wildman–Crippen MR) is 151 cm³/mol. The molecule has 5 saturated carbocycles. The second-order valence-corrected chi connectivity index (χ2v) is 15.8. The minimum Gasteiger partial charge on any atom is -0.465 e. The van der Waals surface area contributed by atoms with E-state index in [0.29, 0.717) is 41.6 Å². The van der Waals surface area contributed by atoms with Crippen molar-refractivity contribution >= 4 is 11.9 Å². The monoisotopic (exact) mass is 526 g/mol. The summed E-state index contributed by atoms with van der Waals surface area (Å²) in [6.07, 6.45) is 12.0. The standard InChI is InChI=1S/C34H54O4/c1-21(2)24-12-17-34(20-37-22(3)35)19-18-32(8)25(29(24)34)10-11-27-31(7)15-14-28(38-23(4)36)30(5,6)26(31)13-16-33(27,32)9/h24-29H,1,10-20H2,2-9H3/t24-,25-,26-,27+,28-,29-,31-,32+,33+,34+/m0/s1. The summed E-state index contributed by atoms with van der Waals surface area (Å²) in [6, 6.07) is 0. The maximum Gasteiger partial charge on any atom is 0.302 e. The highest BCUT2D eigenvalue weighted by molar-refractivity contribution is 5.66. The molecule has 0 unspecified atom stereocenters. The summed E-state index contributed by atoms with van der Waals surface area (Å²) in [5.74, 6) is 2.76. The number of hydrogen-bond acceptors (Lipinski definition) is 4. The van der Waals surface area contributed by atoms with Crippen molar-refractivity contribution in [3.8, 4) is 0 Å². The molecule has 0 radical (unpaired) electrons. The van der Waals surface area contributed by atoms with Crippen molar-refractivity contribution in [1.29, 1.82) is 0 Å². The Morgan fingerprint density at radius 3 is 2.11 bits per heavy atom. The topological polar surface area (TPSA) is 52.6 Å². The van der Waals surface area contributed by atoms with Crippen molar-refractivity contribution in [2.24, 2.45) is 56.7 Å². The highest BCUT2D eigenvalue weighted by atomic mass is 16.5. The van der Waals surface area contributed by atoms with Gasteiger partial charge in [-0.15, -0.1) is 0 Å². The fourth-order valence-electron chi connectivity index (χ4n) is 12.2. The van der Waals surface area contributed by atoms with Gasteiger partial charge in [-0.2, -0.15) is 0 Å². The molecule has 5 rings (SSSR count). The number of ether oxygens (including phenoxy) is 2. The molecule has 0 bridgehead atoms. The quantitative estimate of drug-likeness (QED) is 0.274. The molecule has 0 spiro atoms. The first-order valence-electron chi connectivity index (χ1n) is 15.6. The van der Waals surface area contributed by atoms with E-state index in [-0.39, 0.29) is 39.7 Å². The SMILES string of the molecule is C=C(C)[C@@H]1CC[C@]2(COC(C)=O)CC[C@]3(C)[C@@H](CC[C@@H]4[C@@]5(C)CC[C@H](OC(C)=O)C(C)(C)[C@@H]5CC[C@]43C)[C@H]12. The van der Waals surface area contributed by atoms with Gasteiger partial charge in [-0.25, -0.2) is 0 Å². The highest BCUT2D eigenvalue weighted by Crippen LogP contribution is 2.77. The molecule has 5 aliphatic rings.